The smallest absolute Gasteiger partial charge is 0.350 e. The largest absolute Gasteiger partial charge is 0.497 e. The van der Waals surface area contributed by atoms with E-state index >= 15 is 0 Å². The van der Waals surface area contributed by atoms with Crippen LogP contribution in [0.25, 0.3) is 21.9 Å². The van der Waals surface area contributed by atoms with Crippen molar-refractivity contribution >= 4 is 28.2 Å². The molecule has 8 nitrogen and oxygen atoms in total. The summed E-state index contributed by atoms with van der Waals surface area (Å²) in [5.41, 5.74) is 1.01. The Morgan fingerprint density at radius 2 is 1.76 bits per heavy atom. The molecule has 0 saturated heterocycles. The minimum atomic E-state index is -0.618. The summed E-state index contributed by atoms with van der Waals surface area (Å²) in [6.07, 6.45) is 8.70. The first-order chi connectivity index (χ1) is 16.6. The zero-order valence-electron chi connectivity index (χ0n) is 19.6. The zero-order chi connectivity index (χ0) is 23.9. The maximum atomic E-state index is 13.0. The van der Waals surface area contributed by atoms with Crippen molar-refractivity contribution in [1.82, 2.24) is 14.6 Å². The Morgan fingerprint density at radius 1 is 0.941 bits per heavy atom. The highest BCUT2D eigenvalue weighted by Crippen LogP contribution is 2.25. The number of H-pyrrole nitrogens is 2. The van der Waals surface area contributed by atoms with E-state index in [1.807, 2.05) is 24.3 Å². The molecular weight excluding hydrogens is 432 g/mol. The van der Waals surface area contributed by atoms with Crippen LogP contribution >= 0.6 is 0 Å². The number of unbranched alkanes of at least 4 members (excludes halogenated alkanes) is 5. The molecule has 0 unspecified atom stereocenters. The summed E-state index contributed by atoms with van der Waals surface area (Å²) in [7, 11) is 1.56. The van der Waals surface area contributed by atoms with Gasteiger partial charge in [-0.05, 0) is 42.3 Å². The van der Waals surface area contributed by atoms with Crippen LogP contribution in [0.3, 0.4) is 0 Å². The van der Waals surface area contributed by atoms with Crippen molar-refractivity contribution in [2.45, 2.75) is 45.4 Å². The topological polar surface area (TPSA) is 101 Å². The first-order valence-corrected chi connectivity index (χ1v) is 11.7. The zero-order valence-corrected chi connectivity index (χ0v) is 19.6. The molecule has 0 fully saturated rings. The number of aromatic nitrogens is 3. The lowest BCUT2D eigenvalue weighted by atomic mass is 10.1. The van der Waals surface area contributed by atoms with Gasteiger partial charge in [-0.1, -0.05) is 51.2 Å². The van der Waals surface area contributed by atoms with Gasteiger partial charge in [-0.3, -0.25) is 4.79 Å². The van der Waals surface area contributed by atoms with Gasteiger partial charge in [0, 0.05) is 10.9 Å². The number of benzene rings is 2. The quantitative estimate of drug-likeness (QED) is 0.247. The van der Waals surface area contributed by atoms with Crippen molar-refractivity contribution in [3.63, 3.8) is 0 Å². The number of hydrogen-bond acceptors (Lipinski definition) is 5. The summed E-state index contributed by atoms with van der Waals surface area (Å²) in [6.45, 7) is 2.87. The van der Waals surface area contributed by atoms with Gasteiger partial charge in [0.25, 0.3) is 0 Å². The Bertz CT molecular complexity index is 1410. The molecule has 4 aromatic rings. The Labute approximate surface area is 197 Å². The fourth-order valence-electron chi connectivity index (χ4n) is 3.93. The first-order valence-electron chi connectivity index (χ1n) is 11.7. The molecule has 0 aliphatic heterocycles. The molecule has 0 aliphatic rings. The standard InChI is InChI=1S/C26H30N4O4/c1-3-4-5-6-7-8-14-34-20-11-9-10-18(15-20)17-27-30-25(31)24-23(29-26(30)32)21-16-19(33-2)12-13-22(21)28-24/h9-13,15-17,28H,3-8,14H2,1-2H3,(H,29,32)/b27-17+. The van der Waals surface area contributed by atoms with Crippen molar-refractivity contribution in [3.8, 4) is 11.5 Å². The van der Waals surface area contributed by atoms with Gasteiger partial charge in [-0.15, -0.1) is 4.68 Å². The van der Waals surface area contributed by atoms with Gasteiger partial charge in [0.2, 0.25) is 0 Å². The number of fused-ring (bicyclic) bond motifs is 3. The van der Waals surface area contributed by atoms with E-state index in [1.165, 1.54) is 31.9 Å². The highest BCUT2D eigenvalue weighted by atomic mass is 16.5. The van der Waals surface area contributed by atoms with Crippen molar-refractivity contribution in [2.75, 3.05) is 13.7 Å². The van der Waals surface area contributed by atoms with Crippen LogP contribution in [0.15, 0.2) is 57.2 Å². The Balaban J connectivity index is 1.50. The highest BCUT2D eigenvalue weighted by Gasteiger charge is 2.13. The molecule has 2 N–H and O–H groups in total. The van der Waals surface area contributed by atoms with E-state index in [0.29, 0.717) is 23.3 Å². The summed E-state index contributed by atoms with van der Waals surface area (Å²) >= 11 is 0. The number of ether oxygens (including phenoxy) is 2. The lowest BCUT2D eigenvalue weighted by Crippen LogP contribution is -2.32. The van der Waals surface area contributed by atoms with Gasteiger partial charge in [0.15, 0.2) is 0 Å². The van der Waals surface area contributed by atoms with Crippen LogP contribution < -0.4 is 20.7 Å². The molecule has 0 atom stereocenters. The number of hydrogen-bond donors (Lipinski definition) is 2. The summed E-state index contributed by atoms with van der Waals surface area (Å²) < 4.78 is 11.9. The molecule has 2 aromatic heterocycles. The molecule has 0 aliphatic carbocycles. The molecule has 0 spiro atoms. The third kappa shape index (κ3) is 5.22. The maximum absolute atomic E-state index is 13.0. The highest BCUT2D eigenvalue weighted by molar-refractivity contribution is 6.04. The molecule has 0 saturated carbocycles. The van der Waals surface area contributed by atoms with Crippen molar-refractivity contribution in [3.05, 3.63) is 68.9 Å². The minimum absolute atomic E-state index is 0.274. The molecule has 34 heavy (non-hydrogen) atoms. The number of nitrogens with zero attached hydrogens (tertiary/aromatic N) is 2. The maximum Gasteiger partial charge on any atom is 0.350 e. The monoisotopic (exact) mass is 462 g/mol. The van der Waals surface area contributed by atoms with E-state index in [-0.39, 0.29) is 5.52 Å². The van der Waals surface area contributed by atoms with Gasteiger partial charge in [-0.2, -0.15) is 5.10 Å². The summed E-state index contributed by atoms with van der Waals surface area (Å²) in [5, 5.41) is 4.85. The number of methoxy groups -OCH3 is 1. The SMILES string of the molecule is CCCCCCCCOc1cccc(/C=N/n2c(=O)[nH]c3c([nH]c4ccc(OC)cc43)c2=O)c1. The van der Waals surface area contributed by atoms with E-state index in [0.717, 1.165) is 34.3 Å². The normalized spacial score (nSPS) is 11.6. The van der Waals surface area contributed by atoms with E-state index in [2.05, 4.69) is 22.0 Å². The van der Waals surface area contributed by atoms with Crippen molar-refractivity contribution in [2.24, 2.45) is 5.10 Å². The molecule has 178 valence electrons. The van der Waals surface area contributed by atoms with Crippen molar-refractivity contribution < 1.29 is 9.47 Å². The minimum Gasteiger partial charge on any atom is -0.497 e. The number of nitrogens with one attached hydrogen (secondary N) is 2. The number of rotatable bonds is 11. The fraction of sp³-hybridized carbons (Fsp3) is 0.346. The average Bonchev–Trinajstić information content (AvgIpc) is 3.21. The molecule has 0 bridgehead atoms. The molecule has 0 amide bonds. The second-order valence-corrected chi connectivity index (χ2v) is 8.27. The second kappa shape index (κ2) is 10.9. The van der Waals surface area contributed by atoms with E-state index < -0.39 is 11.2 Å². The van der Waals surface area contributed by atoms with Crippen LogP contribution in [0.2, 0.25) is 0 Å². The third-order valence-electron chi connectivity index (χ3n) is 5.78. The Kier molecular flexibility index (Phi) is 7.47. The summed E-state index contributed by atoms with van der Waals surface area (Å²) in [5.74, 6) is 1.37. The fourth-order valence-corrected chi connectivity index (χ4v) is 3.93. The average molecular weight is 463 g/mol. The third-order valence-corrected chi connectivity index (χ3v) is 5.78. The summed E-state index contributed by atoms with van der Waals surface area (Å²) in [4.78, 5) is 31.4. The Morgan fingerprint density at radius 3 is 2.59 bits per heavy atom. The van der Waals surface area contributed by atoms with Crippen LogP contribution in [-0.4, -0.2) is 34.6 Å². The van der Waals surface area contributed by atoms with E-state index in [4.69, 9.17) is 9.47 Å². The van der Waals surface area contributed by atoms with Crippen LogP contribution in [-0.2, 0) is 0 Å². The second-order valence-electron chi connectivity index (χ2n) is 8.27. The lowest BCUT2D eigenvalue weighted by molar-refractivity contribution is 0.304. The first kappa shape index (κ1) is 23.4. The predicted molar refractivity (Wildman–Crippen MR) is 136 cm³/mol. The molecule has 2 aromatic carbocycles. The molecule has 0 radical (unpaired) electrons. The van der Waals surface area contributed by atoms with Gasteiger partial charge in [-0.25, -0.2) is 4.79 Å². The molecule has 2 heterocycles. The van der Waals surface area contributed by atoms with Gasteiger partial charge in [0.1, 0.15) is 17.0 Å². The molecular formula is C26H30N4O4. The Hall–Kier alpha value is -3.81. The number of aromatic amines is 2. The lowest BCUT2D eigenvalue weighted by Gasteiger charge is -2.06. The van der Waals surface area contributed by atoms with Crippen LogP contribution in [0.5, 0.6) is 11.5 Å². The summed E-state index contributed by atoms with van der Waals surface area (Å²) in [6, 6.07) is 12.8. The van der Waals surface area contributed by atoms with Gasteiger partial charge >= 0.3 is 11.2 Å². The van der Waals surface area contributed by atoms with Crippen LogP contribution in [0, 0.1) is 0 Å². The van der Waals surface area contributed by atoms with Crippen molar-refractivity contribution in [1.29, 1.82) is 0 Å². The van der Waals surface area contributed by atoms with E-state index in [1.54, 1.807) is 25.3 Å². The molecule has 8 heteroatoms. The molecule has 4 rings (SSSR count). The van der Waals surface area contributed by atoms with Gasteiger partial charge in [0.05, 0.1) is 25.4 Å². The van der Waals surface area contributed by atoms with Gasteiger partial charge < -0.3 is 19.4 Å². The van der Waals surface area contributed by atoms with Crippen LogP contribution in [0.1, 0.15) is 51.0 Å². The van der Waals surface area contributed by atoms with Crippen LogP contribution in [0.4, 0.5) is 0 Å². The predicted octanol–water partition coefficient (Wildman–Crippen LogP) is 4.80. The van der Waals surface area contributed by atoms with E-state index in [9.17, 15) is 9.59 Å².